The number of nitrogens with zero attached hydrogens (tertiary/aromatic N) is 4. The number of nitrogens with one attached hydrogen (secondary N) is 4. The lowest BCUT2D eigenvalue weighted by molar-refractivity contribution is -0.118. The van der Waals surface area contributed by atoms with E-state index in [1.165, 1.54) is 27.3 Å². The third-order valence-electron chi connectivity index (χ3n) is 4.88. The summed E-state index contributed by atoms with van der Waals surface area (Å²) in [4.78, 5) is 38.8. The maximum absolute atomic E-state index is 13.3. The Kier molecular flexibility index (Phi) is 15.1. The van der Waals surface area contributed by atoms with Crippen molar-refractivity contribution in [2.24, 2.45) is 4.99 Å². The molecule has 12 heteroatoms. The number of para-hydroxylation sites is 1. The molecule has 0 aliphatic rings. The lowest BCUT2D eigenvalue weighted by Gasteiger charge is -2.17. The molecule has 0 saturated carbocycles. The molecule has 0 fully saturated rings. The second-order valence-corrected chi connectivity index (χ2v) is 7.54. The zero-order chi connectivity index (χ0) is 30.8. The molecule has 0 aliphatic heterocycles. The van der Waals surface area contributed by atoms with Crippen molar-refractivity contribution in [3.63, 3.8) is 0 Å². The Bertz CT molecular complexity index is 1360. The molecule has 0 atom stereocenters. The Labute approximate surface area is 240 Å². The van der Waals surface area contributed by atoms with Crippen molar-refractivity contribution in [1.29, 1.82) is 0 Å². The molecule has 0 unspecified atom stereocenters. The fourth-order valence-corrected chi connectivity index (χ4v) is 3.07. The molecule has 0 bridgehead atoms. The van der Waals surface area contributed by atoms with Crippen LogP contribution in [0.4, 0.5) is 21.6 Å². The van der Waals surface area contributed by atoms with Crippen molar-refractivity contribution in [2.45, 2.75) is 27.7 Å². The van der Waals surface area contributed by atoms with Crippen molar-refractivity contribution in [3.05, 3.63) is 78.8 Å². The molecular weight excluding hydrogens is 527 g/mol. The first kappa shape index (κ1) is 33.9. The number of allylic oxidation sites excluding steroid dienone is 2. The number of hydrogen-bond donors (Lipinski definition) is 4. The lowest BCUT2D eigenvalue weighted by Crippen LogP contribution is -2.19. The molecule has 218 valence electrons. The number of hydrogen-bond acceptors (Lipinski definition) is 9. The molecule has 2 aromatic heterocycles. The van der Waals surface area contributed by atoms with E-state index in [0.717, 1.165) is 12.4 Å². The number of methoxy groups -OCH3 is 1. The lowest BCUT2D eigenvalue weighted by atomic mass is 10.1. The number of aromatic nitrogens is 3. The van der Waals surface area contributed by atoms with Crippen LogP contribution in [-0.2, 0) is 4.79 Å². The van der Waals surface area contributed by atoms with E-state index in [9.17, 15) is 14.0 Å². The topological polar surface area (TPSA) is 143 Å². The predicted octanol–water partition coefficient (Wildman–Crippen LogP) is 5.10. The van der Waals surface area contributed by atoms with Gasteiger partial charge in [0.05, 0.1) is 42.0 Å². The smallest absolute Gasteiger partial charge is 0.254 e. The van der Waals surface area contributed by atoms with E-state index < -0.39 is 5.82 Å². The van der Waals surface area contributed by atoms with Crippen LogP contribution in [0.2, 0.25) is 0 Å². The molecule has 0 aliphatic carbocycles. The third kappa shape index (κ3) is 10.5. The van der Waals surface area contributed by atoms with Gasteiger partial charge in [0.2, 0.25) is 5.91 Å². The molecule has 2 amide bonds. The summed E-state index contributed by atoms with van der Waals surface area (Å²) in [7, 11) is 4.64. The highest BCUT2D eigenvalue weighted by atomic mass is 19.1. The van der Waals surface area contributed by atoms with Crippen molar-refractivity contribution in [1.82, 2.24) is 25.6 Å². The van der Waals surface area contributed by atoms with Crippen molar-refractivity contribution in [3.8, 4) is 17.1 Å². The van der Waals surface area contributed by atoms with Crippen LogP contribution in [0.1, 0.15) is 38.1 Å². The van der Waals surface area contributed by atoms with Gasteiger partial charge in [-0.1, -0.05) is 32.6 Å². The fraction of sp³-hybridized carbons (Fsp3) is 0.241. The van der Waals surface area contributed by atoms with Crippen LogP contribution < -0.4 is 26.0 Å². The number of anilines is 3. The summed E-state index contributed by atoms with van der Waals surface area (Å²) in [6.07, 6.45) is 8.54. The standard InChI is InChI=1S/C24H24FN7O2.C3H7NO.C2H6/c1-5-8-20(27-6-2)32-21-11-19(17(14-28-21)24(33)26-3)31-18-10-7-9-16(22(18)34-4)23-29-12-15(25)13-30-23;1-3(5)4-2;1-2/h5-14H,1H2,2-4H3,(H,26,33)(H2,28,31,32);1-2H3,(H,4,5);1-2H3/b20-8+,27-6-;;. The second kappa shape index (κ2) is 18.2. The minimum Gasteiger partial charge on any atom is -0.494 e. The van der Waals surface area contributed by atoms with Gasteiger partial charge in [0.1, 0.15) is 11.6 Å². The largest absolute Gasteiger partial charge is 0.494 e. The van der Waals surface area contributed by atoms with Crippen molar-refractivity contribution in [2.75, 3.05) is 31.8 Å². The average molecular weight is 565 g/mol. The highest BCUT2D eigenvalue weighted by Gasteiger charge is 2.17. The van der Waals surface area contributed by atoms with Crippen LogP contribution in [0.5, 0.6) is 5.75 Å². The summed E-state index contributed by atoms with van der Waals surface area (Å²) in [5.41, 5.74) is 1.87. The number of aliphatic imine (C=N–C) groups is 1. The summed E-state index contributed by atoms with van der Waals surface area (Å²) in [6.45, 7) is 10.9. The Morgan fingerprint density at radius 1 is 1.05 bits per heavy atom. The van der Waals surface area contributed by atoms with Gasteiger partial charge in [0.15, 0.2) is 17.4 Å². The molecule has 41 heavy (non-hydrogen) atoms. The van der Waals surface area contributed by atoms with Crippen molar-refractivity contribution >= 4 is 35.2 Å². The SMILES string of the molecule is C=C/C=C(\N=C/C)Nc1cc(Nc2cccc(-c3ncc(F)cn3)c2OC)c(C(=O)NC)cn1.CC.CNC(C)=O. The molecule has 11 nitrogen and oxygen atoms in total. The summed E-state index contributed by atoms with van der Waals surface area (Å²) in [5, 5.41) is 11.3. The van der Waals surface area contributed by atoms with Crippen LogP contribution in [0.3, 0.4) is 0 Å². The van der Waals surface area contributed by atoms with Crippen molar-refractivity contribution < 1.29 is 18.7 Å². The van der Waals surface area contributed by atoms with Crippen LogP contribution in [-0.4, -0.2) is 54.2 Å². The van der Waals surface area contributed by atoms with Crippen LogP contribution >= 0.6 is 0 Å². The highest BCUT2D eigenvalue weighted by molar-refractivity contribution is 6.00. The predicted molar refractivity (Wildman–Crippen MR) is 162 cm³/mol. The monoisotopic (exact) mass is 564 g/mol. The molecule has 2 heterocycles. The number of halogens is 1. The van der Waals surface area contributed by atoms with E-state index in [0.29, 0.717) is 45.7 Å². The van der Waals surface area contributed by atoms with Gasteiger partial charge in [-0.25, -0.2) is 24.3 Å². The van der Waals surface area contributed by atoms with Crippen LogP contribution in [0.15, 0.2) is 72.4 Å². The van der Waals surface area contributed by atoms with Gasteiger partial charge in [0.25, 0.3) is 5.91 Å². The number of pyridine rings is 1. The molecule has 0 radical (unpaired) electrons. The number of carbonyl (C=O) groups excluding carboxylic acids is 2. The van der Waals surface area contributed by atoms with Crippen LogP contribution in [0.25, 0.3) is 11.4 Å². The summed E-state index contributed by atoms with van der Waals surface area (Å²) in [6, 6.07) is 6.98. The quantitative estimate of drug-likeness (QED) is 0.208. The minimum atomic E-state index is -0.540. The maximum atomic E-state index is 13.3. The van der Waals surface area contributed by atoms with Crippen LogP contribution in [0, 0.1) is 5.82 Å². The van der Waals surface area contributed by atoms with E-state index in [2.05, 4.69) is 47.8 Å². The summed E-state index contributed by atoms with van der Waals surface area (Å²) < 4.78 is 18.9. The molecule has 0 spiro atoms. The van der Waals surface area contributed by atoms with E-state index in [1.54, 1.807) is 56.6 Å². The van der Waals surface area contributed by atoms with Gasteiger partial charge in [0, 0.05) is 39.5 Å². The number of carbonyl (C=O) groups is 2. The number of ether oxygens (including phenoxy) is 1. The molecule has 3 aromatic rings. The van der Waals surface area contributed by atoms with Gasteiger partial charge in [-0.3, -0.25) is 9.59 Å². The Morgan fingerprint density at radius 2 is 1.71 bits per heavy atom. The zero-order valence-corrected chi connectivity index (χ0v) is 24.4. The molecule has 0 saturated heterocycles. The highest BCUT2D eigenvalue weighted by Crippen LogP contribution is 2.37. The molecule has 3 rings (SSSR count). The fourth-order valence-electron chi connectivity index (χ4n) is 3.07. The van der Waals surface area contributed by atoms with Gasteiger partial charge in [-0.2, -0.15) is 0 Å². The van der Waals surface area contributed by atoms with Gasteiger partial charge >= 0.3 is 0 Å². The van der Waals surface area contributed by atoms with Gasteiger partial charge in [-0.15, -0.1) is 0 Å². The van der Waals surface area contributed by atoms with E-state index >= 15 is 0 Å². The van der Waals surface area contributed by atoms with Gasteiger partial charge < -0.3 is 26.0 Å². The number of benzene rings is 1. The Morgan fingerprint density at radius 3 is 2.24 bits per heavy atom. The molecular formula is C29H37FN8O3. The maximum Gasteiger partial charge on any atom is 0.254 e. The van der Waals surface area contributed by atoms with E-state index in [1.807, 2.05) is 13.8 Å². The first-order valence-electron chi connectivity index (χ1n) is 12.7. The summed E-state index contributed by atoms with van der Waals surface area (Å²) >= 11 is 0. The van der Waals surface area contributed by atoms with E-state index in [4.69, 9.17) is 4.74 Å². The van der Waals surface area contributed by atoms with Gasteiger partial charge in [-0.05, 0) is 25.1 Å². The zero-order valence-electron chi connectivity index (χ0n) is 24.4. The first-order valence-corrected chi connectivity index (χ1v) is 12.7. The molecule has 1 aromatic carbocycles. The number of amides is 2. The third-order valence-corrected chi connectivity index (χ3v) is 4.88. The first-order chi connectivity index (χ1) is 19.8. The normalized spacial score (nSPS) is 10.3. The number of rotatable bonds is 9. The molecule has 4 N–H and O–H groups in total. The Hall–Kier alpha value is -5.13. The summed E-state index contributed by atoms with van der Waals surface area (Å²) in [5.74, 6) is 0.828. The van der Waals surface area contributed by atoms with E-state index in [-0.39, 0.29) is 11.8 Å². The second-order valence-electron chi connectivity index (χ2n) is 7.54. The Balaban J connectivity index is 0.00000108. The average Bonchev–Trinajstić information content (AvgIpc) is 2.99. The minimum absolute atomic E-state index is 0.00463.